The van der Waals surface area contributed by atoms with Crippen molar-refractivity contribution in [1.29, 1.82) is 0 Å². The van der Waals surface area contributed by atoms with Crippen molar-refractivity contribution in [3.05, 3.63) is 42.4 Å². The van der Waals surface area contributed by atoms with Gasteiger partial charge in [0.2, 0.25) is 0 Å². The predicted molar refractivity (Wildman–Crippen MR) is 75.1 cm³/mol. The summed E-state index contributed by atoms with van der Waals surface area (Å²) in [6, 6.07) is 9.51. The van der Waals surface area contributed by atoms with Crippen LogP contribution in [0.2, 0.25) is 0 Å². The van der Waals surface area contributed by atoms with E-state index in [1.54, 1.807) is 18.0 Å². The maximum Gasteiger partial charge on any atom is 0.121 e. The number of hydrogen-bond donors (Lipinski definition) is 1. The smallest absolute Gasteiger partial charge is 0.121 e. The standard InChI is InChI=1S/C14H17NO2S/c1-11-14(6-8-16-11)18-9-3-7-17-13-5-2-4-12(15)10-13/h2,4-6,8,10H,3,7,9,15H2,1H3. The lowest BCUT2D eigenvalue weighted by molar-refractivity contribution is 0.319. The van der Waals surface area contributed by atoms with Crippen LogP contribution < -0.4 is 10.5 Å². The molecule has 96 valence electrons. The second kappa shape index (κ2) is 6.40. The fraction of sp³-hybridized carbons (Fsp3) is 0.286. The molecular formula is C14H17NO2S. The fourth-order valence-corrected chi connectivity index (χ4v) is 2.44. The zero-order chi connectivity index (χ0) is 12.8. The fourth-order valence-electron chi connectivity index (χ4n) is 1.56. The van der Waals surface area contributed by atoms with Crippen LogP contribution in [0.25, 0.3) is 0 Å². The number of ether oxygens (including phenoxy) is 1. The number of furan rings is 1. The van der Waals surface area contributed by atoms with Crippen molar-refractivity contribution in [2.75, 3.05) is 18.1 Å². The molecule has 2 aromatic rings. The molecule has 0 aliphatic heterocycles. The Balaban J connectivity index is 1.66. The third-order valence-electron chi connectivity index (χ3n) is 2.48. The number of rotatable bonds is 6. The normalized spacial score (nSPS) is 10.5. The van der Waals surface area contributed by atoms with Crippen LogP contribution in [0.4, 0.5) is 5.69 Å². The van der Waals surface area contributed by atoms with Crippen LogP contribution in [0.3, 0.4) is 0 Å². The van der Waals surface area contributed by atoms with Gasteiger partial charge in [-0.15, -0.1) is 11.8 Å². The Morgan fingerprint density at radius 2 is 2.22 bits per heavy atom. The summed E-state index contributed by atoms with van der Waals surface area (Å²) in [4.78, 5) is 1.21. The number of anilines is 1. The average Bonchev–Trinajstić information content (AvgIpc) is 2.75. The molecule has 0 unspecified atom stereocenters. The van der Waals surface area contributed by atoms with Gasteiger partial charge in [-0.3, -0.25) is 0 Å². The second-order valence-corrected chi connectivity index (χ2v) is 5.10. The minimum absolute atomic E-state index is 0.702. The highest BCUT2D eigenvalue weighted by atomic mass is 32.2. The molecule has 0 aliphatic carbocycles. The minimum atomic E-state index is 0.702. The molecular weight excluding hydrogens is 246 g/mol. The summed E-state index contributed by atoms with van der Waals surface area (Å²) < 4.78 is 10.9. The maximum absolute atomic E-state index is 5.68. The van der Waals surface area contributed by atoms with Gasteiger partial charge in [-0.2, -0.15) is 0 Å². The average molecular weight is 263 g/mol. The molecule has 3 nitrogen and oxygen atoms in total. The van der Waals surface area contributed by atoms with Crippen LogP contribution in [-0.2, 0) is 0 Å². The van der Waals surface area contributed by atoms with Crippen LogP contribution in [0.1, 0.15) is 12.2 Å². The lowest BCUT2D eigenvalue weighted by Gasteiger charge is -2.06. The molecule has 2 N–H and O–H groups in total. The summed E-state index contributed by atoms with van der Waals surface area (Å²) in [6.45, 7) is 2.68. The Morgan fingerprint density at radius 3 is 2.94 bits per heavy atom. The van der Waals surface area contributed by atoms with Gasteiger partial charge in [0.1, 0.15) is 11.5 Å². The van der Waals surface area contributed by atoms with Crippen LogP contribution in [0.15, 0.2) is 45.9 Å². The SMILES string of the molecule is Cc1occc1SCCCOc1cccc(N)c1. The number of thioether (sulfide) groups is 1. The Labute approximate surface area is 111 Å². The van der Waals surface area contributed by atoms with E-state index >= 15 is 0 Å². The molecule has 0 atom stereocenters. The Kier molecular flexibility index (Phi) is 4.59. The van der Waals surface area contributed by atoms with Gasteiger partial charge in [0.15, 0.2) is 0 Å². The van der Waals surface area contributed by atoms with E-state index in [2.05, 4.69) is 0 Å². The largest absolute Gasteiger partial charge is 0.493 e. The molecule has 0 amide bonds. The van der Waals surface area contributed by atoms with Gasteiger partial charge < -0.3 is 14.9 Å². The number of nitrogen functional groups attached to an aromatic ring is 1. The number of nitrogens with two attached hydrogens (primary N) is 1. The Morgan fingerprint density at radius 1 is 1.33 bits per heavy atom. The molecule has 0 fully saturated rings. The number of benzene rings is 1. The van der Waals surface area contributed by atoms with Gasteiger partial charge in [-0.1, -0.05) is 6.07 Å². The van der Waals surface area contributed by atoms with E-state index in [0.29, 0.717) is 6.61 Å². The zero-order valence-electron chi connectivity index (χ0n) is 10.4. The summed E-state index contributed by atoms with van der Waals surface area (Å²) in [5.41, 5.74) is 6.41. The minimum Gasteiger partial charge on any atom is -0.493 e. The summed E-state index contributed by atoms with van der Waals surface area (Å²) in [5, 5.41) is 0. The van der Waals surface area contributed by atoms with Gasteiger partial charge in [-0.05, 0) is 31.5 Å². The summed E-state index contributed by atoms with van der Waals surface area (Å²) in [7, 11) is 0. The molecule has 0 radical (unpaired) electrons. The van der Waals surface area contributed by atoms with Gasteiger partial charge >= 0.3 is 0 Å². The highest BCUT2D eigenvalue weighted by Crippen LogP contribution is 2.23. The van der Waals surface area contributed by atoms with Crippen molar-refractivity contribution in [1.82, 2.24) is 0 Å². The lowest BCUT2D eigenvalue weighted by Crippen LogP contribution is -1.99. The molecule has 0 saturated heterocycles. The van der Waals surface area contributed by atoms with Crippen molar-refractivity contribution in [3.8, 4) is 5.75 Å². The number of hydrogen-bond acceptors (Lipinski definition) is 4. The van der Waals surface area contributed by atoms with E-state index in [0.717, 1.165) is 29.4 Å². The quantitative estimate of drug-likeness (QED) is 0.490. The first kappa shape index (κ1) is 12.9. The summed E-state index contributed by atoms with van der Waals surface area (Å²) in [5.74, 6) is 2.83. The molecule has 0 bridgehead atoms. The monoisotopic (exact) mass is 263 g/mol. The summed E-state index contributed by atoms with van der Waals surface area (Å²) in [6.07, 6.45) is 2.71. The molecule has 0 saturated carbocycles. The maximum atomic E-state index is 5.68. The summed E-state index contributed by atoms with van der Waals surface area (Å²) >= 11 is 1.79. The predicted octanol–water partition coefficient (Wildman–Crippen LogP) is 3.73. The molecule has 0 spiro atoms. The Hall–Kier alpha value is -1.55. The van der Waals surface area contributed by atoms with Crippen LogP contribution in [0, 0.1) is 6.92 Å². The van der Waals surface area contributed by atoms with Crippen molar-refractivity contribution >= 4 is 17.4 Å². The van der Waals surface area contributed by atoms with E-state index < -0.39 is 0 Å². The second-order valence-electron chi connectivity index (χ2n) is 3.96. The molecule has 1 aromatic carbocycles. The molecule has 18 heavy (non-hydrogen) atoms. The zero-order valence-corrected chi connectivity index (χ0v) is 11.2. The van der Waals surface area contributed by atoms with Gasteiger partial charge in [0.25, 0.3) is 0 Å². The van der Waals surface area contributed by atoms with Crippen LogP contribution in [0.5, 0.6) is 5.75 Å². The third kappa shape index (κ3) is 3.74. The highest BCUT2D eigenvalue weighted by Gasteiger charge is 2.01. The highest BCUT2D eigenvalue weighted by molar-refractivity contribution is 7.99. The topological polar surface area (TPSA) is 48.4 Å². The van der Waals surface area contributed by atoms with E-state index in [4.69, 9.17) is 14.9 Å². The molecule has 1 heterocycles. The van der Waals surface area contributed by atoms with E-state index in [1.165, 1.54) is 4.90 Å². The first-order chi connectivity index (χ1) is 8.75. The van der Waals surface area contributed by atoms with Gasteiger partial charge in [0.05, 0.1) is 12.9 Å². The van der Waals surface area contributed by atoms with Gasteiger partial charge in [-0.25, -0.2) is 0 Å². The molecule has 2 rings (SSSR count). The first-order valence-electron chi connectivity index (χ1n) is 5.91. The van der Waals surface area contributed by atoms with E-state index in [1.807, 2.05) is 37.3 Å². The third-order valence-corrected chi connectivity index (χ3v) is 3.71. The molecule has 0 aliphatic rings. The van der Waals surface area contributed by atoms with E-state index in [-0.39, 0.29) is 0 Å². The first-order valence-corrected chi connectivity index (χ1v) is 6.89. The van der Waals surface area contributed by atoms with Gasteiger partial charge in [0, 0.05) is 22.4 Å². The van der Waals surface area contributed by atoms with Crippen molar-refractivity contribution in [3.63, 3.8) is 0 Å². The van der Waals surface area contributed by atoms with E-state index in [9.17, 15) is 0 Å². The van der Waals surface area contributed by atoms with Crippen molar-refractivity contribution in [2.24, 2.45) is 0 Å². The lowest BCUT2D eigenvalue weighted by atomic mass is 10.3. The Bertz CT molecular complexity index is 496. The number of aryl methyl sites for hydroxylation is 1. The van der Waals surface area contributed by atoms with Crippen molar-refractivity contribution < 1.29 is 9.15 Å². The van der Waals surface area contributed by atoms with Crippen LogP contribution >= 0.6 is 11.8 Å². The molecule has 4 heteroatoms. The van der Waals surface area contributed by atoms with Crippen molar-refractivity contribution in [2.45, 2.75) is 18.2 Å². The molecule has 1 aromatic heterocycles. The van der Waals surface area contributed by atoms with Crippen LogP contribution in [-0.4, -0.2) is 12.4 Å².